The van der Waals surface area contributed by atoms with Gasteiger partial charge in [-0.15, -0.1) is 0 Å². The fourth-order valence-electron chi connectivity index (χ4n) is 0.433. The minimum absolute atomic E-state index is 0. The van der Waals surface area contributed by atoms with Crippen LogP contribution >= 0.6 is 0 Å². The van der Waals surface area contributed by atoms with Crippen LogP contribution in [-0.2, 0) is 14.3 Å². The van der Waals surface area contributed by atoms with Crippen molar-refractivity contribution in [3.05, 3.63) is 0 Å². The van der Waals surface area contributed by atoms with Gasteiger partial charge in [0, 0.05) is 0 Å². The Morgan fingerprint density at radius 2 is 1.50 bits per heavy atom. The molecule has 1 heterocycles. The van der Waals surface area contributed by atoms with Gasteiger partial charge in [0.25, 0.3) is 0 Å². The van der Waals surface area contributed by atoms with Gasteiger partial charge in [0.05, 0.1) is 12.8 Å². The van der Waals surface area contributed by atoms with Crippen molar-refractivity contribution >= 4 is 11.9 Å². The quantitative estimate of drug-likeness (QED) is 0.303. The highest BCUT2D eigenvalue weighted by atomic mass is 16.6. The summed E-state index contributed by atoms with van der Waals surface area (Å²) < 4.78 is 4.08. The van der Waals surface area contributed by atoms with Crippen LogP contribution in [0.15, 0.2) is 0 Å². The smallest absolute Gasteiger partial charge is 0.314 e. The van der Waals surface area contributed by atoms with Crippen LogP contribution in [0.2, 0.25) is 0 Å². The Morgan fingerprint density at radius 1 is 1.12 bits per heavy atom. The summed E-state index contributed by atoms with van der Waals surface area (Å²) in [6.45, 7) is 0. The maximum atomic E-state index is 10.0. The highest BCUT2D eigenvalue weighted by molar-refractivity contribution is 5.92. The molecule has 0 radical (unpaired) electrons. The number of hydrogen-bond acceptors (Lipinski definition) is 3. The Kier molecular flexibility index (Phi) is 2.15. The first-order valence-corrected chi connectivity index (χ1v) is 2.02. The van der Waals surface area contributed by atoms with Crippen molar-refractivity contribution in [2.45, 2.75) is 12.8 Å². The molecule has 1 aliphatic heterocycles. The van der Waals surface area contributed by atoms with Crippen molar-refractivity contribution in [2.75, 3.05) is 0 Å². The lowest BCUT2D eigenvalue weighted by Crippen LogP contribution is -1.94. The molecule has 0 aromatic rings. The number of carbonyl (C=O) groups is 2. The molecule has 4 nitrogen and oxygen atoms in total. The first-order valence-electron chi connectivity index (χ1n) is 2.02. The van der Waals surface area contributed by atoms with Gasteiger partial charge in [0.2, 0.25) is 0 Å². The Labute approximate surface area is 45.7 Å². The summed E-state index contributed by atoms with van der Waals surface area (Å²) in [6, 6.07) is 0. The van der Waals surface area contributed by atoms with E-state index in [9.17, 15) is 9.59 Å². The Hall–Kier alpha value is -0.900. The van der Waals surface area contributed by atoms with Crippen LogP contribution < -0.4 is 0 Å². The van der Waals surface area contributed by atoms with Crippen LogP contribution in [0.1, 0.15) is 12.8 Å². The van der Waals surface area contributed by atoms with E-state index in [0.29, 0.717) is 0 Å². The molecule has 4 heteroatoms. The molecule has 0 aromatic carbocycles. The van der Waals surface area contributed by atoms with Crippen molar-refractivity contribution < 1.29 is 19.8 Å². The second-order valence-electron chi connectivity index (χ2n) is 1.35. The van der Waals surface area contributed by atoms with Crippen molar-refractivity contribution in [3.63, 3.8) is 0 Å². The lowest BCUT2D eigenvalue weighted by Gasteiger charge is -1.79. The molecule has 2 N–H and O–H groups in total. The van der Waals surface area contributed by atoms with E-state index < -0.39 is 11.9 Å². The summed E-state index contributed by atoms with van der Waals surface area (Å²) in [5.41, 5.74) is 0. The molecule has 0 atom stereocenters. The van der Waals surface area contributed by atoms with Crippen molar-refractivity contribution in [1.29, 1.82) is 0 Å². The van der Waals surface area contributed by atoms with Crippen LogP contribution in [-0.4, -0.2) is 17.4 Å². The molecule has 0 bridgehead atoms. The van der Waals surface area contributed by atoms with E-state index in [1.165, 1.54) is 0 Å². The number of cyclic esters (lactones) is 2. The number of esters is 2. The van der Waals surface area contributed by atoms with Gasteiger partial charge in [-0.3, -0.25) is 9.59 Å². The first-order chi connectivity index (χ1) is 3.29. The molecule has 0 saturated carbocycles. The van der Waals surface area contributed by atoms with Crippen molar-refractivity contribution in [2.24, 2.45) is 0 Å². The molecular formula is C4H6O4. The van der Waals surface area contributed by atoms with Crippen LogP contribution in [0.25, 0.3) is 0 Å². The standard InChI is InChI=1S/C4H4O3.H2O/c5-3-1-2-4(6)7-3;/h1-2H2;1H2. The number of carbonyl (C=O) groups excluding carboxylic acids is 2. The van der Waals surface area contributed by atoms with Crippen molar-refractivity contribution in [3.8, 4) is 0 Å². The predicted octanol–water partition coefficient (Wildman–Crippen LogP) is -0.975. The van der Waals surface area contributed by atoms with Gasteiger partial charge >= 0.3 is 11.9 Å². The zero-order valence-electron chi connectivity index (χ0n) is 4.14. The van der Waals surface area contributed by atoms with E-state index in [-0.39, 0.29) is 18.3 Å². The van der Waals surface area contributed by atoms with Gasteiger partial charge in [-0.2, -0.15) is 0 Å². The summed E-state index contributed by atoms with van der Waals surface area (Å²) in [7, 11) is 0. The fraction of sp³-hybridized carbons (Fsp3) is 0.500. The molecule has 1 saturated heterocycles. The van der Waals surface area contributed by atoms with Crippen molar-refractivity contribution in [1.82, 2.24) is 0 Å². The van der Waals surface area contributed by atoms with Gasteiger partial charge in [-0.05, 0) is 0 Å². The molecule has 0 spiro atoms. The molecule has 1 fully saturated rings. The van der Waals surface area contributed by atoms with E-state index in [1.807, 2.05) is 0 Å². The molecule has 1 rings (SSSR count). The first kappa shape index (κ1) is 7.10. The third kappa shape index (κ3) is 1.31. The second kappa shape index (κ2) is 2.42. The molecular weight excluding hydrogens is 112 g/mol. The zero-order chi connectivity index (χ0) is 5.28. The van der Waals surface area contributed by atoms with Gasteiger partial charge in [0.15, 0.2) is 0 Å². The largest absolute Gasteiger partial charge is 0.412 e. The van der Waals surface area contributed by atoms with Gasteiger partial charge in [-0.1, -0.05) is 0 Å². The van der Waals surface area contributed by atoms with Crippen LogP contribution in [0, 0.1) is 0 Å². The average Bonchev–Trinajstić information content (AvgIpc) is 1.87. The monoisotopic (exact) mass is 118 g/mol. The molecule has 0 aliphatic carbocycles. The van der Waals surface area contributed by atoms with Crippen LogP contribution in [0.3, 0.4) is 0 Å². The minimum Gasteiger partial charge on any atom is -0.412 e. The van der Waals surface area contributed by atoms with Gasteiger partial charge in [-0.25, -0.2) is 0 Å². The normalized spacial score (nSPS) is 17.5. The van der Waals surface area contributed by atoms with E-state index in [1.54, 1.807) is 0 Å². The molecule has 0 unspecified atom stereocenters. The van der Waals surface area contributed by atoms with Gasteiger partial charge < -0.3 is 10.2 Å². The summed E-state index contributed by atoms with van der Waals surface area (Å²) in [5, 5.41) is 0. The van der Waals surface area contributed by atoms with Gasteiger partial charge in [0.1, 0.15) is 0 Å². The topological polar surface area (TPSA) is 74.9 Å². The predicted molar refractivity (Wildman–Crippen MR) is 23.9 cm³/mol. The summed E-state index contributed by atoms with van der Waals surface area (Å²) >= 11 is 0. The third-order valence-corrected chi connectivity index (χ3v) is 0.761. The highest BCUT2D eigenvalue weighted by Gasteiger charge is 2.19. The Bertz CT molecular complexity index is 103. The molecule has 1 aliphatic rings. The molecule has 46 valence electrons. The van der Waals surface area contributed by atoms with E-state index >= 15 is 0 Å². The highest BCUT2D eigenvalue weighted by Crippen LogP contribution is 2.03. The molecule has 8 heavy (non-hydrogen) atoms. The Balaban J connectivity index is 0.000000490. The summed E-state index contributed by atoms with van der Waals surface area (Å²) in [4.78, 5) is 20.0. The lowest BCUT2D eigenvalue weighted by atomic mass is 10.4. The molecule has 0 amide bonds. The van der Waals surface area contributed by atoms with Crippen LogP contribution in [0.4, 0.5) is 0 Å². The number of rotatable bonds is 0. The maximum absolute atomic E-state index is 10.0. The molecule has 0 aromatic heterocycles. The number of hydrogen-bond donors (Lipinski definition) is 0. The van der Waals surface area contributed by atoms with E-state index in [4.69, 9.17) is 0 Å². The summed E-state index contributed by atoms with van der Waals surface area (Å²) in [5.74, 6) is -0.796. The fourth-order valence-corrected chi connectivity index (χ4v) is 0.433. The van der Waals surface area contributed by atoms with E-state index in [0.717, 1.165) is 0 Å². The number of ether oxygens (including phenoxy) is 1. The third-order valence-electron chi connectivity index (χ3n) is 0.761. The van der Waals surface area contributed by atoms with E-state index in [2.05, 4.69) is 4.74 Å². The minimum atomic E-state index is -0.398. The second-order valence-corrected chi connectivity index (χ2v) is 1.35. The summed E-state index contributed by atoms with van der Waals surface area (Å²) in [6.07, 6.45) is 0.525. The van der Waals surface area contributed by atoms with Crippen LogP contribution in [0.5, 0.6) is 0 Å². The maximum Gasteiger partial charge on any atom is 0.314 e. The SMILES string of the molecule is O.O=C1CCC(=O)O1. The zero-order valence-corrected chi connectivity index (χ0v) is 4.14. The lowest BCUT2D eigenvalue weighted by molar-refractivity contribution is -0.151. The average molecular weight is 118 g/mol. The Morgan fingerprint density at radius 3 is 1.62 bits per heavy atom.